The van der Waals surface area contributed by atoms with Crippen LogP contribution in [0.5, 0.6) is 0 Å². The maximum Gasteiger partial charge on any atom is 0.337 e. The summed E-state index contributed by atoms with van der Waals surface area (Å²) in [5.74, 6) is -3.29. The van der Waals surface area contributed by atoms with Crippen LogP contribution >= 0.6 is 0 Å². The van der Waals surface area contributed by atoms with E-state index in [1.807, 2.05) is 0 Å². The standard InChI is InChI=1S/C11H6O7/c12-2-5-1-6(10(15)16)9(11(17)18)8(4-14)7(5)3-13/h1-4H,(H,15,16)(H,17,18). The van der Waals surface area contributed by atoms with Crippen molar-refractivity contribution in [3.8, 4) is 0 Å². The molecule has 0 heterocycles. The van der Waals surface area contributed by atoms with Gasteiger partial charge in [0.25, 0.3) is 0 Å². The molecule has 0 fully saturated rings. The molecule has 0 aliphatic heterocycles. The molecule has 0 aromatic heterocycles. The molecule has 7 nitrogen and oxygen atoms in total. The number of carbonyl (C=O) groups is 5. The average molecular weight is 250 g/mol. The topological polar surface area (TPSA) is 126 Å². The summed E-state index contributed by atoms with van der Waals surface area (Å²) in [4.78, 5) is 54.1. The zero-order valence-corrected chi connectivity index (χ0v) is 8.75. The maximum absolute atomic E-state index is 10.9. The molecule has 0 unspecified atom stereocenters. The third-order valence-electron chi connectivity index (χ3n) is 2.25. The molecule has 0 saturated heterocycles. The average Bonchev–Trinajstić information content (AvgIpc) is 2.35. The lowest BCUT2D eigenvalue weighted by molar-refractivity contribution is 0.0650. The van der Waals surface area contributed by atoms with Gasteiger partial charge in [-0.2, -0.15) is 0 Å². The lowest BCUT2D eigenvalue weighted by Gasteiger charge is -2.09. The van der Waals surface area contributed by atoms with Crippen LogP contribution in [0.2, 0.25) is 0 Å². The molecule has 0 amide bonds. The summed E-state index contributed by atoms with van der Waals surface area (Å²) in [6, 6.07) is 0.746. The second-order valence-electron chi connectivity index (χ2n) is 3.18. The van der Waals surface area contributed by atoms with Crippen LogP contribution < -0.4 is 0 Å². The third-order valence-corrected chi connectivity index (χ3v) is 2.25. The molecule has 0 atom stereocenters. The van der Waals surface area contributed by atoms with Crippen molar-refractivity contribution in [1.29, 1.82) is 0 Å². The number of carbonyl (C=O) groups excluding carboxylic acids is 3. The Balaban J connectivity index is 3.92. The minimum atomic E-state index is -1.67. The second-order valence-corrected chi connectivity index (χ2v) is 3.18. The molecule has 0 spiro atoms. The number of carboxylic acids is 2. The Hall–Kier alpha value is -2.83. The number of hydrogen-bond donors (Lipinski definition) is 2. The molecule has 1 rings (SSSR count). The predicted octanol–water partition coefficient (Wildman–Crippen LogP) is 0.521. The molecule has 0 aliphatic rings. The van der Waals surface area contributed by atoms with Crippen LogP contribution in [0.15, 0.2) is 6.07 Å². The minimum absolute atomic E-state index is 0.0344. The number of carboxylic acid groups (broad SMARTS) is 2. The van der Waals surface area contributed by atoms with Crippen molar-refractivity contribution in [1.82, 2.24) is 0 Å². The highest BCUT2D eigenvalue weighted by Crippen LogP contribution is 2.21. The number of aromatic carboxylic acids is 2. The van der Waals surface area contributed by atoms with Gasteiger partial charge in [-0.05, 0) is 6.07 Å². The van der Waals surface area contributed by atoms with E-state index in [1.165, 1.54) is 0 Å². The summed E-state index contributed by atoms with van der Waals surface area (Å²) in [5.41, 5.74) is -2.96. The highest BCUT2D eigenvalue weighted by atomic mass is 16.4. The molecular weight excluding hydrogens is 244 g/mol. The molecule has 1 aromatic carbocycles. The Labute approximate surface area is 99.7 Å². The van der Waals surface area contributed by atoms with Crippen LogP contribution in [-0.4, -0.2) is 41.0 Å². The Morgan fingerprint density at radius 1 is 0.889 bits per heavy atom. The van der Waals surface area contributed by atoms with Gasteiger partial charge in [0.05, 0.1) is 11.1 Å². The van der Waals surface area contributed by atoms with Gasteiger partial charge in [0, 0.05) is 16.7 Å². The van der Waals surface area contributed by atoms with E-state index in [4.69, 9.17) is 10.2 Å². The lowest BCUT2D eigenvalue weighted by Crippen LogP contribution is -2.15. The smallest absolute Gasteiger partial charge is 0.337 e. The van der Waals surface area contributed by atoms with Crippen LogP contribution in [0.25, 0.3) is 0 Å². The van der Waals surface area contributed by atoms with E-state index in [0.717, 1.165) is 6.07 Å². The fraction of sp³-hybridized carbons (Fsp3) is 0. The van der Waals surface area contributed by atoms with Crippen molar-refractivity contribution in [2.45, 2.75) is 0 Å². The second kappa shape index (κ2) is 5.00. The lowest BCUT2D eigenvalue weighted by atomic mass is 9.93. The van der Waals surface area contributed by atoms with Crippen molar-refractivity contribution in [3.05, 3.63) is 33.9 Å². The fourth-order valence-electron chi connectivity index (χ4n) is 1.49. The van der Waals surface area contributed by atoms with Crippen molar-refractivity contribution >= 4 is 30.8 Å². The van der Waals surface area contributed by atoms with Gasteiger partial charge in [-0.25, -0.2) is 9.59 Å². The van der Waals surface area contributed by atoms with Crippen LogP contribution in [0, 0.1) is 0 Å². The number of benzene rings is 1. The van der Waals surface area contributed by atoms with Crippen LogP contribution in [-0.2, 0) is 0 Å². The number of hydrogen-bond acceptors (Lipinski definition) is 5. The Bertz CT molecular complexity index is 571. The Kier molecular flexibility index (Phi) is 3.68. The van der Waals surface area contributed by atoms with Crippen LogP contribution in [0.4, 0.5) is 0 Å². The highest BCUT2D eigenvalue weighted by molar-refractivity contribution is 6.12. The van der Waals surface area contributed by atoms with Gasteiger partial charge in [0.1, 0.15) is 0 Å². The molecule has 0 radical (unpaired) electrons. The molecule has 2 N–H and O–H groups in total. The zero-order valence-electron chi connectivity index (χ0n) is 8.75. The molecule has 92 valence electrons. The normalized spacial score (nSPS) is 9.56. The van der Waals surface area contributed by atoms with E-state index < -0.39 is 34.2 Å². The molecule has 0 aliphatic carbocycles. The van der Waals surface area contributed by atoms with Crippen LogP contribution in [0.3, 0.4) is 0 Å². The number of aldehydes is 3. The summed E-state index contributed by atoms with van der Waals surface area (Å²) >= 11 is 0. The largest absolute Gasteiger partial charge is 0.478 e. The summed E-state index contributed by atoms with van der Waals surface area (Å²) in [6.45, 7) is 0. The van der Waals surface area contributed by atoms with Gasteiger partial charge in [0.15, 0.2) is 18.9 Å². The van der Waals surface area contributed by atoms with Gasteiger partial charge in [-0.15, -0.1) is 0 Å². The highest BCUT2D eigenvalue weighted by Gasteiger charge is 2.25. The SMILES string of the molecule is O=Cc1cc(C(=O)O)c(C(=O)O)c(C=O)c1C=O. The molecule has 1 aromatic rings. The van der Waals surface area contributed by atoms with E-state index in [1.54, 1.807) is 0 Å². The molecule has 18 heavy (non-hydrogen) atoms. The molecule has 0 saturated carbocycles. The summed E-state index contributed by atoms with van der Waals surface area (Å²) < 4.78 is 0. The Morgan fingerprint density at radius 2 is 1.44 bits per heavy atom. The van der Waals surface area contributed by atoms with E-state index in [0.29, 0.717) is 0 Å². The maximum atomic E-state index is 10.9. The zero-order chi connectivity index (χ0) is 13.9. The van der Waals surface area contributed by atoms with Gasteiger partial charge < -0.3 is 10.2 Å². The predicted molar refractivity (Wildman–Crippen MR) is 56.5 cm³/mol. The first-order valence-corrected chi connectivity index (χ1v) is 4.51. The summed E-state index contributed by atoms with van der Waals surface area (Å²) in [5, 5.41) is 17.7. The van der Waals surface area contributed by atoms with Gasteiger partial charge in [-0.3, -0.25) is 14.4 Å². The summed E-state index contributed by atoms with van der Waals surface area (Å²) in [6.07, 6.45) is 0.340. The summed E-state index contributed by atoms with van der Waals surface area (Å²) in [7, 11) is 0. The molecule has 7 heteroatoms. The van der Waals surface area contributed by atoms with Crippen molar-refractivity contribution in [3.63, 3.8) is 0 Å². The van der Waals surface area contributed by atoms with Crippen molar-refractivity contribution in [2.75, 3.05) is 0 Å². The van der Waals surface area contributed by atoms with Crippen LogP contribution in [0.1, 0.15) is 51.8 Å². The van der Waals surface area contributed by atoms with Gasteiger partial charge >= 0.3 is 11.9 Å². The van der Waals surface area contributed by atoms with E-state index >= 15 is 0 Å². The van der Waals surface area contributed by atoms with E-state index in [2.05, 4.69) is 0 Å². The fourth-order valence-corrected chi connectivity index (χ4v) is 1.49. The third kappa shape index (κ3) is 2.01. The first-order valence-electron chi connectivity index (χ1n) is 4.51. The van der Waals surface area contributed by atoms with Crippen molar-refractivity contribution in [2.24, 2.45) is 0 Å². The first-order chi connectivity index (χ1) is 8.47. The first kappa shape index (κ1) is 13.2. The van der Waals surface area contributed by atoms with E-state index in [9.17, 15) is 24.0 Å². The monoisotopic (exact) mass is 250 g/mol. The molecular formula is C11H6O7. The van der Waals surface area contributed by atoms with Gasteiger partial charge in [0.2, 0.25) is 0 Å². The molecule has 0 bridgehead atoms. The van der Waals surface area contributed by atoms with Crippen molar-refractivity contribution < 1.29 is 34.2 Å². The minimum Gasteiger partial charge on any atom is -0.478 e. The van der Waals surface area contributed by atoms with Gasteiger partial charge in [-0.1, -0.05) is 0 Å². The van der Waals surface area contributed by atoms with E-state index in [-0.39, 0.29) is 24.4 Å². The number of rotatable bonds is 5. The Morgan fingerprint density at radius 3 is 1.78 bits per heavy atom. The quantitative estimate of drug-likeness (QED) is 0.729.